The predicted octanol–water partition coefficient (Wildman–Crippen LogP) is 0.119. The molecule has 4 N–H and O–H groups in total. The first-order valence-corrected chi connectivity index (χ1v) is 5.05. The summed E-state index contributed by atoms with van der Waals surface area (Å²) in [5.41, 5.74) is 8.57. The van der Waals surface area contributed by atoms with E-state index in [1.165, 1.54) is 0 Å². The molecule has 0 aliphatic carbocycles. The number of β-amino-alcohol motifs (C(OH)–C–C–N with tert-alkyl or cyclic N) is 2. The van der Waals surface area contributed by atoms with Crippen molar-refractivity contribution in [3.05, 3.63) is 23.8 Å². The molecule has 1 aromatic rings. The number of benzene rings is 1. The molecule has 2 unspecified atom stereocenters. The van der Waals surface area contributed by atoms with Crippen LogP contribution in [-0.2, 0) is 0 Å². The van der Waals surface area contributed by atoms with Gasteiger partial charge >= 0.3 is 0 Å². The predicted molar refractivity (Wildman–Crippen MR) is 59.8 cm³/mol. The third-order valence-electron chi connectivity index (χ3n) is 2.78. The fourth-order valence-corrected chi connectivity index (χ4v) is 1.93. The Morgan fingerprint density at radius 1 is 1.27 bits per heavy atom. The van der Waals surface area contributed by atoms with Crippen molar-refractivity contribution in [3.63, 3.8) is 0 Å². The van der Waals surface area contributed by atoms with E-state index in [-0.39, 0.29) is 0 Å². The lowest BCUT2D eigenvalue weighted by Gasteiger charge is -2.19. The standard InChI is InChI=1S/C11H16N2O2/c1-7-2-3-9(8(12)4-7)13-5-10(14)11(15)6-13/h2-4,10-11,14-15H,5-6,12H2,1H3. The van der Waals surface area contributed by atoms with Crippen LogP contribution in [0, 0.1) is 6.92 Å². The highest BCUT2D eigenvalue weighted by atomic mass is 16.3. The van der Waals surface area contributed by atoms with Crippen LogP contribution >= 0.6 is 0 Å². The number of nitrogens with two attached hydrogens (primary N) is 1. The Morgan fingerprint density at radius 2 is 1.87 bits per heavy atom. The summed E-state index contributed by atoms with van der Waals surface area (Å²) in [6.45, 7) is 2.86. The van der Waals surface area contributed by atoms with Crippen LogP contribution in [0.4, 0.5) is 11.4 Å². The fraction of sp³-hybridized carbons (Fsp3) is 0.455. The Bertz CT molecular complexity index is 358. The first kappa shape index (κ1) is 10.3. The van der Waals surface area contributed by atoms with Crippen LogP contribution in [0.15, 0.2) is 18.2 Å². The van der Waals surface area contributed by atoms with Gasteiger partial charge in [-0.15, -0.1) is 0 Å². The number of hydrogen-bond donors (Lipinski definition) is 3. The van der Waals surface area contributed by atoms with Crippen LogP contribution in [0.1, 0.15) is 5.56 Å². The maximum absolute atomic E-state index is 9.44. The fourth-order valence-electron chi connectivity index (χ4n) is 1.93. The molecule has 4 heteroatoms. The summed E-state index contributed by atoms with van der Waals surface area (Å²) in [5.74, 6) is 0. The summed E-state index contributed by atoms with van der Waals surface area (Å²) < 4.78 is 0. The minimum Gasteiger partial charge on any atom is -0.397 e. The molecule has 1 aliphatic heterocycles. The van der Waals surface area contributed by atoms with Crippen LogP contribution in [-0.4, -0.2) is 35.5 Å². The molecule has 2 atom stereocenters. The first-order chi connectivity index (χ1) is 7.08. The summed E-state index contributed by atoms with van der Waals surface area (Å²) in [6, 6.07) is 5.80. The molecule has 2 rings (SSSR count). The van der Waals surface area contributed by atoms with Crippen LogP contribution in [0.25, 0.3) is 0 Å². The van der Waals surface area contributed by atoms with Crippen molar-refractivity contribution >= 4 is 11.4 Å². The summed E-state index contributed by atoms with van der Waals surface area (Å²) in [6.07, 6.45) is -1.35. The highest BCUT2D eigenvalue weighted by molar-refractivity contribution is 5.69. The number of nitrogens with zero attached hydrogens (tertiary/aromatic N) is 1. The van der Waals surface area contributed by atoms with Crippen molar-refractivity contribution in [1.82, 2.24) is 0 Å². The monoisotopic (exact) mass is 208 g/mol. The normalized spacial score (nSPS) is 25.9. The highest BCUT2D eigenvalue weighted by Crippen LogP contribution is 2.27. The number of rotatable bonds is 1. The lowest BCUT2D eigenvalue weighted by atomic mass is 10.2. The molecule has 0 radical (unpaired) electrons. The smallest absolute Gasteiger partial charge is 0.0990 e. The number of anilines is 2. The van der Waals surface area contributed by atoms with Crippen LogP contribution in [0.2, 0.25) is 0 Å². The number of nitrogen functional groups attached to an aromatic ring is 1. The average Bonchev–Trinajstić information content (AvgIpc) is 2.46. The second-order valence-electron chi connectivity index (χ2n) is 4.10. The quantitative estimate of drug-likeness (QED) is 0.573. The number of aliphatic hydroxyl groups excluding tert-OH is 2. The largest absolute Gasteiger partial charge is 0.397 e. The van der Waals surface area contributed by atoms with E-state index >= 15 is 0 Å². The zero-order valence-electron chi connectivity index (χ0n) is 8.72. The lowest BCUT2D eigenvalue weighted by molar-refractivity contribution is 0.0572. The van der Waals surface area contributed by atoms with Crippen molar-refractivity contribution < 1.29 is 10.2 Å². The van der Waals surface area contributed by atoms with Gasteiger partial charge in [0.25, 0.3) is 0 Å². The van der Waals surface area contributed by atoms with E-state index in [1.54, 1.807) is 0 Å². The van der Waals surface area contributed by atoms with Crippen molar-refractivity contribution in [2.75, 3.05) is 23.7 Å². The molecule has 15 heavy (non-hydrogen) atoms. The summed E-state index contributed by atoms with van der Waals surface area (Å²) >= 11 is 0. The van der Waals surface area contributed by atoms with Gasteiger partial charge in [-0.05, 0) is 24.6 Å². The third kappa shape index (κ3) is 1.91. The maximum atomic E-state index is 9.44. The van der Waals surface area contributed by atoms with Gasteiger partial charge in [-0.2, -0.15) is 0 Å². The van der Waals surface area contributed by atoms with E-state index in [2.05, 4.69) is 0 Å². The van der Waals surface area contributed by atoms with Gasteiger partial charge in [0.2, 0.25) is 0 Å². The first-order valence-electron chi connectivity index (χ1n) is 5.05. The summed E-state index contributed by atoms with van der Waals surface area (Å²) in [4.78, 5) is 1.91. The van der Waals surface area contributed by atoms with Crippen LogP contribution in [0.3, 0.4) is 0 Å². The summed E-state index contributed by atoms with van der Waals surface area (Å²) in [5, 5.41) is 18.9. The zero-order valence-corrected chi connectivity index (χ0v) is 8.72. The maximum Gasteiger partial charge on any atom is 0.0990 e. The Kier molecular flexibility index (Phi) is 2.54. The van der Waals surface area contributed by atoms with Gasteiger partial charge in [-0.25, -0.2) is 0 Å². The molecular formula is C11H16N2O2. The summed E-state index contributed by atoms with van der Waals surface area (Å²) in [7, 11) is 0. The van der Waals surface area contributed by atoms with E-state index in [4.69, 9.17) is 5.73 Å². The van der Waals surface area contributed by atoms with E-state index in [1.807, 2.05) is 30.0 Å². The molecule has 0 aromatic heterocycles. The minimum absolute atomic E-state index is 0.439. The highest BCUT2D eigenvalue weighted by Gasteiger charge is 2.30. The molecule has 0 saturated carbocycles. The van der Waals surface area contributed by atoms with E-state index in [0.717, 1.165) is 11.3 Å². The topological polar surface area (TPSA) is 69.7 Å². The minimum atomic E-state index is -0.675. The third-order valence-corrected chi connectivity index (χ3v) is 2.78. The van der Waals surface area contributed by atoms with Gasteiger partial charge in [-0.3, -0.25) is 0 Å². The molecule has 0 amide bonds. The van der Waals surface area contributed by atoms with E-state index in [9.17, 15) is 10.2 Å². The molecule has 1 heterocycles. The molecular weight excluding hydrogens is 192 g/mol. The molecule has 82 valence electrons. The molecule has 1 saturated heterocycles. The van der Waals surface area contributed by atoms with Gasteiger partial charge in [0, 0.05) is 13.1 Å². The van der Waals surface area contributed by atoms with Gasteiger partial charge in [-0.1, -0.05) is 6.07 Å². The van der Waals surface area contributed by atoms with Crippen molar-refractivity contribution in [3.8, 4) is 0 Å². The number of aryl methyl sites for hydroxylation is 1. The SMILES string of the molecule is Cc1ccc(N2CC(O)C(O)C2)c(N)c1. The van der Waals surface area contributed by atoms with Gasteiger partial charge < -0.3 is 20.8 Å². The Hall–Kier alpha value is -1.26. The van der Waals surface area contributed by atoms with Crippen molar-refractivity contribution in [2.45, 2.75) is 19.1 Å². The second kappa shape index (κ2) is 3.72. The lowest BCUT2D eigenvalue weighted by Crippen LogP contribution is -2.22. The Balaban J connectivity index is 2.24. The Morgan fingerprint density at radius 3 is 2.40 bits per heavy atom. The number of aliphatic hydroxyl groups is 2. The van der Waals surface area contributed by atoms with Gasteiger partial charge in [0.15, 0.2) is 0 Å². The number of hydrogen-bond acceptors (Lipinski definition) is 4. The van der Waals surface area contributed by atoms with Gasteiger partial charge in [0.1, 0.15) is 0 Å². The molecule has 1 aromatic carbocycles. The zero-order chi connectivity index (χ0) is 11.0. The Labute approximate surface area is 88.9 Å². The molecule has 0 spiro atoms. The van der Waals surface area contributed by atoms with Crippen LogP contribution < -0.4 is 10.6 Å². The second-order valence-corrected chi connectivity index (χ2v) is 4.10. The van der Waals surface area contributed by atoms with Crippen molar-refractivity contribution in [2.24, 2.45) is 0 Å². The molecule has 1 fully saturated rings. The molecule has 1 aliphatic rings. The van der Waals surface area contributed by atoms with E-state index in [0.29, 0.717) is 18.8 Å². The van der Waals surface area contributed by atoms with E-state index < -0.39 is 12.2 Å². The molecule has 4 nitrogen and oxygen atoms in total. The van der Waals surface area contributed by atoms with Crippen molar-refractivity contribution in [1.29, 1.82) is 0 Å². The van der Waals surface area contributed by atoms with Crippen LogP contribution in [0.5, 0.6) is 0 Å². The molecule has 0 bridgehead atoms. The van der Waals surface area contributed by atoms with Gasteiger partial charge in [0.05, 0.1) is 23.6 Å². The average molecular weight is 208 g/mol.